The quantitative estimate of drug-likeness (QED) is 0.453. The molecule has 0 amide bonds. The van der Waals surface area contributed by atoms with Gasteiger partial charge >= 0.3 is 5.97 Å². The third kappa shape index (κ3) is 3.45. The zero-order chi connectivity index (χ0) is 12.3. The Bertz CT molecular complexity index is 451. The van der Waals surface area contributed by atoms with Crippen molar-refractivity contribution in [3.63, 3.8) is 0 Å². The van der Waals surface area contributed by atoms with Crippen LogP contribution < -0.4 is 0 Å². The number of esters is 1. The summed E-state index contributed by atoms with van der Waals surface area (Å²) >= 11 is 3.22. The number of carbonyl (C=O) groups excluding carboxylic acids is 1. The number of hydrogen-bond acceptors (Lipinski definition) is 3. The van der Waals surface area contributed by atoms with Crippen LogP contribution in [-0.4, -0.2) is 33.7 Å². The van der Waals surface area contributed by atoms with Crippen molar-refractivity contribution in [1.82, 2.24) is 0 Å². The highest BCUT2D eigenvalue weighted by Crippen LogP contribution is 2.27. The molecule has 1 aliphatic rings. The molecule has 16 heavy (non-hydrogen) atoms. The number of methoxy groups -OCH3 is 1. The molecule has 0 N–H and O–H groups in total. The molecule has 6 heteroatoms. The summed E-state index contributed by atoms with van der Waals surface area (Å²) in [5, 5.41) is 0. The molecule has 2 unspecified atom stereocenters. The number of halogens is 2. The summed E-state index contributed by atoms with van der Waals surface area (Å²) in [5.74, 6) is 2.10. The first-order valence-corrected chi connectivity index (χ1v) is 7.30. The van der Waals surface area contributed by atoms with Crippen molar-refractivity contribution in [3.05, 3.63) is 22.9 Å². The van der Waals surface area contributed by atoms with E-state index in [1.807, 2.05) is 0 Å². The van der Waals surface area contributed by atoms with Crippen LogP contribution in [0.2, 0.25) is 0 Å². The van der Waals surface area contributed by atoms with Crippen molar-refractivity contribution in [3.8, 4) is 0 Å². The van der Waals surface area contributed by atoms with E-state index in [4.69, 9.17) is 0 Å². The normalized spacial score (nSPS) is 24.1. The fourth-order valence-corrected chi connectivity index (χ4v) is 3.60. The second-order valence-corrected chi connectivity index (χ2v) is 7.03. The van der Waals surface area contributed by atoms with Gasteiger partial charge < -0.3 is 4.74 Å². The standard InChI is InChI=1S/C10H12BrFO3S/c1-15-10(13)6-16(2,14)9-4-7(11)3-8(12)5-9/h3,5,7H,2,4,6H2,1H3. The lowest BCUT2D eigenvalue weighted by Crippen LogP contribution is -2.21. The number of allylic oxidation sites excluding steroid dienone is 4. The predicted molar refractivity (Wildman–Crippen MR) is 66.8 cm³/mol. The minimum atomic E-state index is -2.78. The molecule has 0 spiro atoms. The Labute approximate surface area is 102 Å². The molecule has 0 aromatic rings. The van der Waals surface area contributed by atoms with Crippen LogP contribution >= 0.6 is 15.9 Å². The molecule has 0 bridgehead atoms. The van der Waals surface area contributed by atoms with E-state index in [1.54, 1.807) is 0 Å². The van der Waals surface area contributed by atoms with E-state index in [0.29, 0.717) is 11.3 Å². The maximum absolute atomic E-state index is 13.1. The van der Waals surface area contributed by atoms with Crippen LogP contribution in [0.4, 0.5) is 4.39 Å². The lowest BCUT2D eigenvalue weighted by molar-refractivity contribution is -0.137. The maximum atomic E-state index is 13.1. The van der Waals surface area contributed by atoms with Crippen LogP contribution in [0, 0.1) is 0 Å². The van der Waals surface area contributed by atoms with Crippen LogP contribution in [0.1, 0.15) is 6.42 Å². The topological polar surface area (TPSA) is 43.4 Å². The van der Waals surface area contributed by atoms with Crippen molar-refractivity contribution < 1.29 is 18.1 Å². The van der Waals surface area contributed by atoms with Gasteiger partial charge in [0, 0.05) is 19.3 Å². The van der Waals surface area contributed by atoms with Gasteiger partial charge in [-0.2, -0.15) is 0 Å². The number of carbonyl (C=O) groups is 1. The van der Waals surface area contributed by atoms with E-state index in [2.05, 4.69) is 26.5 Å². The smallest absolute Gasteiger partial charge is 0.318 e. The van der Waals surface area contributed by atoms with E-state index in [-0.39, 0.29) is 10.6 Å². The first-order valence-electron chi connectivity index (χ1n) is 4.49. The third-order valence-electron chi connectivity index (χ3n) is 2.09. The summed E-state index contributed by atoms with van der Waals surface area (Å²) in [6.07, 6.45) is 2.93. The second kappa shape index (κ2) is 5.14. The van der Waals surface area contributed by atoms with Gasteiger partial charge in [0.2, 0.25) is 0 Å². The van der Waals surface area contributed by atoms with Gasteiger partial charge in [0.15, 0.2) is 0 Å². The van der Waals surface area contributed by atoms with Crippen LogP contribution in [0.5, 0.6) is 0 Å². The van der Waals surface area contributed by atoms with Crippen molar-refractivity contribution in [2.75, 3.05) is 12.9 Å². The number of ether oxygens (including phenoxy) is 1. The summed E-state index contributed by atoms with van der Waals surface area (Å²) in [6.45, 7) is 0. The lowest BCUT2D eigenvalue weighted by atomic mass is 10.2. The maximum Gasteiger partial charge on any atom is 0.318 e. The summed E-state index contributed by atoms with van der Waals surface area (Å²) in [7, 11) is -1.58. The van der Waals surface area contributed by atoms with Crippen LogP contribution in [0.3, 0.4) is 0 Å². The van der Waals surface area contributed by atoms with Gasteiger partial charge in [-0.25, -0.2) is 4.39 Å². The molecule has 0 fully saturated rings. The third-order valence-corrected chi connectivity index (χ3v) is 4.62. The van der Waals surface area contributed by atoms with Gasteiger partial charge in [0.05, 0.1) is 7.11 Å². The van der Waals surface area contributed by atoms with E-state index < -0.39 is 21.3 Å². The summed E-state index contributed by atoms with van der Waals surface area (Å²) < 4.78 is 29.7. The lowest BCUT2D eigenvalue weighted by Gasteiger charge is -2.17. The highest BCUT2D eigenvalue weighted by atomic mass is 79.9. The van der Waals surface area contributed by atoms with Crippen LogP contribution in [-0.2, 0) is 19.1 Å². The van der Waals surface area contributed by atoms with Crippen LogP contribution in [0.15, 0.2) is 22.9 Å². The van der Waals surface area contributed by atoms with Gasteiger partial charge in [-0.15, -0.1) is 0 Å². The molecule has 0 aromatic heterocycles. The Kier molecular flexibility index (Phi) is 4.32. The fourth-order valence-electron chi connectivity index (χ4n) is 1.29. The molecular weight excluding hydrogens is 299 g/mol. The molecule has 1 rings (SSSR count). The minimum Gasteiger partial charge on any atom is -0.468 e. The van der Waals surface area contributed by atoms with Crippen molar-refractivity contribution in [2.45, 2.75) is 11.2 Å². The van der Waals surface area contributed by atoms with E-state index >= 15 is 0 Å². The van der Waals surface area contributed by atoms with Crippen LogP contribution in [0.25, 0.3) is 0 Å². The Balaban J connectivity index is 2.93. The molecule has 0 saturated carbocycles. The summed E-state index contributed by atoms with van der Waals surface area (Å²) in [6, 6.07) is 0. The van der Waals surface area contributed by atoms with Gasteiger partial charge in [0.25, 0.3) is 0 Å². The van der Waals surface area contributed by atoms with Gasteiger partial charge in [-0.1, -0.05) is 15.9 Å². The first kappa shape index (κ1) is 13.4. The molecule has 90 valence electrons. The highest BCUT2D eigenvalue weighted by Gasteiger charge is 2.22. The molecular formula is C10H12BrFO3S. The van der Waals surface area contributed by atoms with Gasteiger partial charge in [-0.05, 0) is 24.4 Å². The monoisotopic (exact) mass is 310 g/mol. The Morgan fingerprint density at radius 3 is 2.94 bits per heavy atom. The highest BCUT2D eigenvalue weighted by molar-refractivity contribution is 9.09. The number of rotatable bonds is 3. The zero-order valence-corrected chi connectivity index (χ0v) is 11.1. The second-order valence-electron chi connectivity index (χ2n) is 3.41. The van der Waals surface area contributed by atoms with Gasteiger partial charge in [-0.3, -0.25) is 9.00 Å². The molecule has 1 aliphatic carbocycles. The summed E-state index contributed by atoms with van der Waals surface area (Å²) in [4.78, 5) is 11.2. The largest absolute Gasteiger partial charge is 0.468 e. The fraction of sp³-hybridized carbons (Fsp3) is 0.400. The molecule has 0 heterocycles. The average molecular weight is 311 g/mol. The molecule has 2 atom stereocenters. The minimum absolute atomic E-state index is 0.215. The summed E-state index contributed by atoms with van der Waals surface area (Å²) in [5.41, 5.74) is 0. The Morgan fingerprint density at radius 1 is 1.81 bits per heavy atom. The van der Waals surface area contributed by atoms with Gasteiger partial charge in [0.1, 0.15) is 11.6 Å². The number of hydrogen-bond donors (Lipinski definition) is 0. The van der Waals surface area contributed by atoms with Crippen molar-refractivity contribution in [2.24, 2.45) is 0 Å². The van der Waals surface area contributed by atoms with Crippen molar-refractivity contribution in [1.29, 1.82) is 0 Å². The molecule has 0 aromatic carbocycles. The number of alkyl halides is 1. The molecule has 3 nitrogen and oxygen atoms in total. The average Bonchev–Trinajstić information content (AvgIpc) is 2.15. The van der Waals surface area contributed by atoms with E-state index in [1.165, 1.54) is 19.3 Å². The Hall–Kier alpha value is -0.620. The molecule has 0 aliphatic heterocycles. The zero-order valence-electron chi connectivity index (χ0n) is 8.74. The predicted octanol–water partition coefficient (Wildman–Crippen LogP) is 1.78. The first-order chi connectivity index (χ1) is 7.35. The Morgan fingerprint density at radius 2 is 2.44 bits per heavy atom. The SMILES string of the molecule is C=S(=O)(CC(=O)OC)C1=CC(F)=CC(Br)C1. The molecule has 0 radical (unpaired) electrons. The van der Waals surface area contributed by atoms with E-state index in [0.717, 1.165) is 0 Å². The van der Waals surface area contributed by atoms with E-state index in [9.17, 15) is 13.4 Å². The molecule has 0 saturated heterocycles. The van der Waals surface area contributed by atoms with Crippen molar-refractivity contribution >= 4 is 37.3 Å².